The maximum absolute atomic E-state index is 11.7. The van der Waals surface area contributed by atoms with E-state index in [1.165, 1.54) is 0 Å². The van der Waals surface area contributed by atoms with Crippen LogP contribution in [0.1, 0.15) is 24.8 Å². The van der Waals surface area contributed by atoms with E-state index in [9.17, 15) is 19.8 Å². The maximum atomic E-state index is 11.7. The lowest BCUT2D eigenvalue weighted by atomic mass is 9.98. The fourth-order valence-electron chi connectivity index (χ4n) is 2.34. The van der Waals surface area contributed by atoms with E-state index in [-0.39, 0.29) is 19.4 Å². The van der Waals surface area contributed by atoms with Gasteiger partial charge < -0.3 is 20.3 Å². The number of benzene rings is 1. The van der Waals surface area contributed by atoms with Crippen molar-refractivity contribution in [2.24, 2.45) is 0 Å². The van der Waals surface area contributed by atoms with Crippen LogP contribution in [0.2, 0.25) is 0 Å². The van der Waals surface area contributed by atoms with Gasteiger partial charge in [-0.2, -0.15) is 0 Å². The largest absolute Gasteiger partial charge is 0.480 e. The molecule has 0 aliphatic heterocycles. The Balaban J connectivity index is 1.91. The highest BCUT2D eigenvalue weighted by Gasteiger charge is 2.46. The molecule has 1 aromatic rings. The van der Waals surface area contributed by atoms with E-state index in [1.807, 2.05) is 18.2 Å². The lowest BCUT2D eigenvalue weighted by Gasteiger charge is -2.24. The van der Waals surface area contributed by atoms with E-state index in [2.05, 4.69) is 5.32 Å². The summed E-state index contributed by atoms with van der Waals surface area (Å²) in [6, 6.07) is 9.10. The van der Waals surface area contributed by atoms with E-state index in [0.29, 0.717) is 6.42 Å². The van der Waals surface area contributed by atoms with Crippen LogP contribution in [0.5, 0.6) is 0 Å². The molecule has 2 rings (SSSR count). The quantitative estimate of drug-likeness (QED) is 0.771. The van der Waals surface area contributed by atoms with Crippen LogP contribution in [0.25, 0.3) is 0 Å². The predicted octanol–water partition coefficient (Wildman–Crippen LogP) is 1.28. The average Bonchev–Trinajstić information content (AvgIpc) is 2.80. The fraction of sp³-hybridized carbons (Fsp3) is 0.429. The van der Waals surface area contributed by atoms with Crippen LogP contribution in [-0.4, -0.2) is 33.9 Å². The second-order valence-corrected chi connectivity index (χ2v) is 4.97. The molecule has 1 aromatic carbocycles. The first-order chi connectivity index (χ1) is 9.52. The zero-order valence-electron chi connectivity index (χ0n) is 10.9. The molecule has 1 saturated carbocycles. The highest BCUT2D eigenvalue weighted by molar-refractivity contribution is 5.84. The molecule has 20 heavy (non-hydrogen) atoms. The molecule has 6 nitrogen and oxygen atoms in total. The number of aliphatic carboxylic acids is 1. The zero-order chi connectivity index (χ0) is 14.6. The number of carboxylic acids is 1. The van der Waals surface area contributed by atoms with Gasteiger partial charge >= 0.3 is 12.1 Å². The molecule has 0 heterocycles. The number of carbonyl (C=O) groups is 2. The second-order valence-electron chi connectivity index (χ2n) is 4.97. The van der Waals surface area contributed by atoms with Crippen LogP contribution in [0, 0.1) is 0 Å². The summed E-state index contributed by atoms with van der Waals surface area (Å²) in [7, 11) is 0. The molecule has 1 aliphatic rings. The minimum atomic E-state index is -1.42. The first kappa shape index (κ1) is 14.3. The third kappa shape index (κ3) is 3.27. The third-order valence-electron chi connectivity index (χ3n) is 3.45. The van der Waals surface area contributed by atoms with Crippen LogP contribution in [0.15, 0.2) is 30.3 Å². The Morgan fingerprint density at radius 2 is 2.05 bits per heavy atom. The lowest BCUT2D eigenvalue weighted by molar-refractivity contribution is -0.144. The highest BCUT2D eigenvalue weighted by atomic mass is 16.5. The molecule has 1 fully saturated rings. The van der Waals surface area contributed by atoms with Crippen molar-refractivity contribution in [3.63, 3.8) is 0 Å². The minimum absolute atomic E-state index is 0.00275. The number of ether oxygens (including phenoxy) is 1. The Morgan fingerprint density at radius 3 is 2.60 bits per heavy atom. The van der Waals surface area contributed by atoms with E-state index >= 15 is 0 Å². The number of nitrogens with one attached hydrogen (secondary N) is 1. The van der Waals surface area contributed by atoms with Gasteiger partial charge in [-0.15, -0.1) is 0 Å². The van der Waals surface area contributed by atoms with E-state index in [4.69, 9.17) is 4.74 Å². The number of aliphatic hydroxyl groups is 1. The number of hydrogen-bond acceptors (Lipinski definition) is 4. The van der Waals surface area contributed by atoms with Gasteiger partial charge in [-0.05, 0) is 18.4 Å². The van der Waals surface area contributed by atoms with Gasteiger partial charge in [0.15, 0.2) is 0 Å². The molecule has 0 bridgehead atoms. The van der Waals surface area contributed by atoms with Gasteiger partial charge in [0, 0.05) is 6.42 Å². The van der Waals surface area contributed by atoms with Crippen molar-refractivity contribution in [3.8, 4) is 0 Å². The van der Waals surface area contributed by atoms with E-state index in [0.717, 1.165) is 5.56 Å². The normalized spacial score (nSPS) is 25.1. The first-order valence-electron chi connectivity index (χ1n) is 6.42. The predicted molar refractivity (Wildman–Crippen MR) is 70.0 cm³/mol. The molecule has 1 aliphatic carbocycles. The Kier molecular flexibility index (Phi) is 4.24. The Hall–Kier alpha value is -2.08. The number of rotatable bonds is 4. The molecular weight excluding hydrogens is 262 g/mol. The lowest BCUT2D eigenvalue weighted by Crippen LogP contribution is -2.53. The number of hydrogen-bond donors (Lipinski definition) is 3. The molecular formula is C14H17NO5. The monoisotopic (exact) mass is 279 g/mol. The van der Waals surface area contributed by atoms with Gasteiger partial charge in [0.1, 0.15) is 12.1 Å². The standard InChI is InChI=1S/C14H17NO5/c16-11-6-7-14(8-11,12(17)18)15-13(19)20-9-10-4-2-1-3-5-10/h1-5,11,16H,6-9H2,(H,15,19)(H,17,18)/t11-,14+/m1/s1. The molecule has 2 atom stereocenters. The van der Waals surface area contributed by atoms with Crippen molar-refractivity contribution in [2.45, 2.75) is 37.5 Å². The van der Waals surface area contributed by atoms with Crippen molar-refractivity contribution in [2.75, 3.05) is 0 Å². The number of amides is 1. The molecule has 0 saturated heterocycles. The Labute approximate surface area is 116 Å². The van der Waals surface area contributed by atoms with Gasteiger partial charge in [-0.3, -0.25) is 0 Å². The Morgan fingerprint density at radius 1 is 1.35 bits per heavy atom. The smallest absolute Gasteiger partial charge is 0.408 e. The number of alkyl carbamates (subject to hydrolysis) is 1. The molecule has 3 N–H and O–H groups in total. The molecule has 6 heteroatoms. The van der Waals surface area contributed by atoms with E-state index in [1.54, 1.807) is 12.1 Å². The van der Waals surface area contributed by atoms with Gasteiger partial charge in [0.05, 0.1) is 6.10 Å². The summed E-state index contributed by atoms with van der Waals surface area (Å²) in [4.78, 5) is 23.0. The van der Waals surface area contributed by atoms with Crippen molar-refractivity contribution >= 4 is 12.1 Å². The molecule has 0 unspecified atom stereocenters. The number of aliphatic hydroxyl groups excluding tert-OH is 1. The molecule has 108 valence electrons. The Bertz CT molecular complexity index is 490. The summed E-state index contributed by atoms with van der Waals surface area (Å²) in [6.07, 6.45) is -0.941. The van der Waals surface area contributed by atoms with Crippen LogP contribution < -0.4 is 5.32 Å². The van der Waals surface area contributed by atoms with Gasteiger partial charge in [-0.1, -0.05) is 30.3 Å². The van der Waals surface area contributed by atoms with Crippen molar-refractivity contribution < 1.29 is 24.5 Å². The SMILES string of the molecule is O=C(N[C@@]1(C(=O)O)CC[C@@H](O)C1)OCc1ccccc1. The van der Waals surface area contributed by atoms with Gasteiger partial charge in [0.25, 0.3) is 0 Å². The molecule has 1 amide bonds. The van der Waals surface area contributed by atoms with Crippen LogP contribution in [-0.2, 0) is 16.1 Å². The summed E-state index contributed by atoms with van der Waals surface area (Å²) < 4.78 is 5.01. The average molecular weight is 279 g/mol. The number of carbonyl (C=O) groups excluding carboxylic acids is 1. The van der Waals surface area contributed by atoms with Crippen LogP contribution in [0.4, 0.5) is 4.79 Å². The fourth-order valence-corrected chi connectivity index (χ4v) is 2.34. The summed E-state index contributed by atoms with van der Waals surface area (Å²) >= 11 is 0. The summed E-state index contributed by atoms with van der Waals surface area (Å²) in [5, 5.41) is 21.1. The van der Waals surface area contributed by atoms with Crippen LogP contribution in [0.3, 0.4) is 0 Å². The highest BCUT2D eigenvalue weighted by Crippen LogP contribution is 2.30. The molecule has 0 spiro atoms. The third-order valence-corrected chi connectivity index (χ3v) is 3.45. The van der Waals surface area contributed by atoms with E-state index < -0.39 is 23.7 Å². The summed E-state index contributed by atoms with van der Waals surface area (Å²) in [6.45, 7) is 0.0743. The van der Waals surface area contributed by atoms with Crippen molar-refractivity contribution in [1.29, 1.82) is 0 Å². The summed E-state index contributed by atoms with van der Waals surface area (Å²) in [5.41, 5.74) is -0.605. The molecule has 0 radical (unpaired) electrons. The topological polar surface area (TPSA) is 95.9 Å². The second kappa shape index (κ2) is 5.92. The summed E-state index contributed by atoms with van der Waals surface area (Å²) in [5.74, 6) is -1.15. The molecule has 0 aromatic heterocycles. The van der Waals surface area contributed by atoms with Crippen molar-refractivity contribution in [3.05, 3.63) is 35.9 Å². The van der Waals surface area contributed by atoms with Gasteiger partial charge in [0.2, 0.25) is 0 Å². The maximum Gasteiger partial charge on any atom is 0.408 e. The zero-order valence-corrected chi connectivity index (χ0v) is 10.9. The van der Waals surface area contributed by atoms with Gasteiger partial charge in [-0.25, -0.2) is 9.59 Å². The van der Waals surface area contributed by atoms with Crippen LogP contribution >= 0.6 is 0 Å². The minimum Gasteiger partial charge on any atom is -0.480 e. The van der Waals surface area contributed by atoms with Crippen molar-refractivity contribution in [1.82, 2.24) is 5.32 Å². The first-order valence-corrected chi connectivity index (χ1v) is 6.42. The number of carboxylic acid groups (broad SMARTS) is 1.